The van der Waals surface area contributed by atoms with E-state index in [4.69, 9.17) is 23.9 Å². The number of fused-ring (bicyclic) bond motifs is 1. The van der Waals surface area contributed by atoms with Gasteiger partial charge < -0.3 is 49.3 Å². The molecule has 316 valence electrons. The number of hydrogen-bond acceptors (Lipinski definition) is 10. The lowest BCUT2D eigenvalue weighted by atomic mass is 9.90. The lowest BCUT2D eigenvalue weighted by Crippen LogP contribution is -2.53. The minimum Gasteiger partial charge on any atom is -0.453 e. The van der Waals surface area contributed by atoms with Crippen molar-refractivity contribution in [2.45, 2.75) is 75.5 Å². The molecule has 0 bridgehead atoms. The largest absolute Gasteiger partial charge is 0.453 e. The maximum atomic E-state index is 14.0. The van der Waals surface area contributed by atoms with Crippen LogP contribution in [0.4, 0.5) is 9.59 Å². The van der Waals surface area contributed by atoms with Crippen LogP contribution < -0.4 is 10.6 Å². The number of hydrogen-bond donors (Lipinski definition) is 4. The van der Waals surface area contributed by atoms with Gasteiger partial charge in [0.05, 0.1) is 44.4 Å². The Morgan fingerprint density at radius 2 is 1.23 bits per heavy atom. The molecule has 4 aromatic rings. The molecular weight excluding hydrogens is 769 g/mol. The monoisotopic (exact) mass is 820 g/mol. The SMILES string of the molecule is COC(=O)N[C@H](C(=O)N1CCC[C@H]1c1ncc(C#Cc2ccc3cc(-c4cnc([C@@H]5CCCN5C(=O)[C@@H](NC(=O)OC)C5CCOCC5)[nH]4)ccc3c2)[nH]1)C1CCOCC1. The Morgan fingerprint density at radius 3 is 1.82 bits per heavy atom. The quantitative estimate of drug-likeness (QED) is 0.168. The number of aromatic nitrogens is 4. The Kier molecular flexibility index (Phi) is 12.6. The zero-order valence-corrected chi connectivity index (χ0v) is 34.0. The van der Waals surface area contributed by atoms with E-state index in [0.717, 1.165) is 53.3 Å². The molecule has 4 fully saturated rings. The number of imidazole rings is 2. The zero-order valence-electron chi connectivity index (χ0n) is 34.0. The molecule has 2 aromatic heterocycles. The molecule has 4 aliphatic heterocycles. The molecule has 0 spiro atoms. The van der Waals surface area contributed by atoms with Gasteiger partial charge in [0.15, 0.2) is 0 Å². The molecule has 16 heteroatoms. The first-order valence-electron chi connectivity index (χ1n) is 20.9. The van der Waals surface area contributed by atoms with E-state index in [-0.39, 0.29) is 35.7 Å². The van der Waals surface area contributed by atoms with Crippen LogP contribution in [0.3, 0.4) is 0 Å². The van der Waals surface area contributed by atoms with Crippen LogP contribution in [-0.2, 0) is 28.5 Å². The summed E-state index contributed by atoms with van der Waals surface area (Å²) in [5.41, 5.74) is 3.30. The van der Waals surface area contributed by atoms with E-state index >= 15 is 0 Å². The molecule has 16 nitrogen and oxygen atoms in total. The maximum Gasteiger partial charge on any atom is 0.407 e. The highest BCUT2D eigenvalue weighted by Gasteiger charge is 2.41. The molecule has 0 saturated carbocycles. The van der Waals surface area contributed by atoms with Crippen molar-refractivity contribution in [3.8, 4) is 23.1 Å². The van der Waals surface area contributed by atoms with E-state index in [1.165, 1.54) is 14.2 Å². The van der Waals surface area contributed by atoms with Crippen LogP contribution in [0.1, 0.15) is 86.4 Å². The number of alkyl carbamates (subject to hydrolysis) is 2. The van der Waals surface area contributed by atoms with Gasteiger partial charge in [-0.3, -0.25) is 9.59 Å². The van der Waals surface area contributed by atoms with Gasteiger partial charge in [-0.05, 0) is 98.1 Å². The summed E-state index contributed by atoms with van der Waals surface area (Å²) < 4.78 is 20.7. The summed E-state index contributed by atoms with van der Waals surface area (Å²) in [6.45, 7) is 3.37. The number of benzene rings is 2. The minimum absolute atomic E-state index is 0.0337. The van der Waals surface area contributed by atoms with Crippen LogP contribution in [-0.4, -0.2) is 120 Å². The first-order chi connectivity index (χ1) is 29.3. The second-order valence-electron chi connectivity index (χ2n) is 15.9. The fourth-order valence-electron chi connectivity index (χ4n) is 9.07. The molecule has 4 aliphatic rings. The number of rotatable bonds is 9. The van der Waals surface area contributed by atoms with E-state index in [1.54, 1.807) is 6.20 Å². The van der Waals surface area contributed by atoms with Crippen molar-refractivity contribution < 1.29 is 38.1 Å². The Morgan fingerprint density at radius 1 is 0.700 bits per heavy atom. The highest BCUT2D eigenvalue weighted by Crippen LogP contribution is 2.35. The van der Waals surface area contributed by atoms with Gasteiger partial charge >= 0.3 is 12.2 Å². The molecule has 4 N–H and O–H groups in total. The highest BCUT2D eigenvalue weighted by molar-refractivity contribution is 5.89. The van der Waals surface area contributed by atoms with E-state index in [1.807, 2.05) is 40.3 Å². The van der Waals surface area contributed by atoms with Crippen molar-refractivity contribution >= 4 is 34.8 Å². The maximum absolute atomic E-state index is 14.0. The number of nitrogens with zero attached hydrogens (tertiary/aromatic N) is 4. The number of carbonyl (C=O) groups is 4. The van der Waals surface area contributed by atoms with Crippen molar-refractivity contribution in [3.63, 3.8) is 0 Å². The van der Waals surface area contributed by atoms with Gasteiger partial charge in [0, 0.05) is 50.6 Å². The molecule has 0 aliphatic carbocycles. The van der Waals surface area contributed by atoms with Crippen LogP contribution in [0.2, 0.25) is 0 Å². The molecule has 4 atom stereocenters. The minimum atomic E-state index is -0.697. The van der Waals surface area contributed by atoms with E-state index in [0.29, 0.717) is 82.5 Å². The van der Waals surface area contributed by atoms with Gasteiger partial charge in [-0.15, -0.1) is 0 Å². The number of ether oxygens (including phenoxy) is 4. The van der Waals surface area contributed by atoms with E-state index in [9.17, 15) is 19.2 Å². The topological polar surface area (TPSA) is 193 Å². The predicted octanol–water partition coefficient (Wildman–Crippen LogP) is 4.98. The summed E-state index contributed by atoms with van der Waals surface area (Å²) in [5.74, 6) is 7.52. The van der Waals surface area contributed by atoms with Crippen molar-refractivity contribution in [2.24, 2.45) is 11.8 Å². The van der Waals surface area contributed by atoms with Gasteiger partial charge in [0.1, 0.15) is 29.4 Å². The lowest BCUT2D eigenvalue weighted by molar-refractivity contribution is -0.137. The standard InChI is InChI=1S/C44H52N8O8/c1-57-43(55)49-37(28-13-19-59-20-14-28)41(53)51-17-3-5-35(51)39-45-25-33(47-39)12-8-27-7-9-31-24-32(11-10-30(31)23-27)34-26-46-40(48-34)36-6-4-18-52(36)42(54)38(50-44(56)58-2)29-15-21-60-22-16-29/h7,9-11,23-26,28-29,35-38H,3-6,13-22H2,1-2H3,(H,45,47)(H,46,48)(H,49,55)(H,50,56)/t35-,36-,37-,38-/m0/s1. The summed E-state index contributed by atoms with van der Waals surface area (Å²) in [5, 5.41) is 7.67. The van der Waals surface area contributed by atoms with E-state index < -0.39 is 24.3 Å². The summed E-state index contributed by atoms with van der Waals surface area (Å²) in [4.78, 5) is 72.2. The number of H-pyrrole nitrogens is 2. The molecule has 2 aromatic carbocycles. The van der Waals surface area contributed by atoms with Gasteiger partial charge in [-0.25, -0.2) is 19.6 Å². The normalized spacial score (nSPS) is 20.9. The van der Waals surface area contributed by atoms with Crippen LogP contribution in [0.5, 0.6) is 0 Å². The van der Waals surface area contributed by atoms with Gasteiger partial charge in [-0.1, -0.05) is 24.1 Å². The van der Waals surface area contributed by atoms with Crippen LogP contribution in [0.15, 0.2) is 48.8 Å². The van der Waals surface area contributed by atoms with Crippen molar-refractivity contribution in [1.29, 1.82) is 0 Å². The third-order valence-electron chi connectivity index (χ3n) is 12.3. The number of nitrogens with one attached hydrogen (secondary N) is 4. The third kappa shape index (κ3) is 8.97. The van der Waals surface area contributed by atoms with Gasteiger partial charge in [0.2, 0.25) is 11.8 Å². The second-order valence-corrected chi connectivity index (χ2v) is 15.9. The number of aromatic amines is 2. The fraction of sp³-hybridized carbons (Fsp3) is 0.500. The second kappa shape index (κ2) is 18.6. The Labute approximate surface area is 348 Å². The number of carbonyl (C=O) groups excluding carboxylic acids is 4. The average Bonchev–Trinajstić information content (AvgIpc) is 4.14. The molecule has 0 unspecified atom stereocenters. The zero-order chi connectivity index (χ0) is 41.6. The van der Waals surface area contributed by atoms with Crippen LogP contribution >= 0.6 is 0 Å². The third-order valence-corrected chi connectivity index (χ3v) is 12.3. The first kappa shape index (κ1) is 40.8. The predicted molar refractivity (Wildman–Crippen MR) is 219 cm³/mol. The van der Waals surface area contributed by atoms with Crippen LogP contribution in [0, 0.1) is 23.7 Å². The molecule has 0 radical (unpaired) electrons. The summed E-state index contributed by atoms with van der Waals surface area (Å²) >= 11 is 0. The highest BCUT2D eigenvalue weighted by atomic mass is 16.5. The number of likely N-dealkylation sites (tertiary alicyclic amines) is 2. The average molecular weight is 821 g/mol. The van der Waals surface area contributed by atoms with Gasteiger partial charge in [-0.2, -0.15) is 0 Å². The smallest absolute Gasteiger partial charge is 0.407 e. The Bertz CT molecular complexity index is 2250. The fourth-order valence-corrected chi connectivity index (χ4v) is 9.07. The Balaban J connectivity index is 0.931. The van der Waals surface area contributed by atoms with Crippen molar-refractivity contribution in [2.75, 3.05) is 53.7 Å². The number of amides is 4. The summed E-state index contributed by atoms with van der Waals surface area (Å²) in [7, 11) is 2.60. The molecule has 8 rings (SSSR count). The van der Waals surface area contributed by atoms with Crippen molar-refractivity contribution in [3.05, 3.63) is 71.7 Å². The molecule has 4 saturated heterocycles. The molecule has 60 heavy (non-hydrogen) atoms. The van der Waals surface area contributed by atoms with Gasteiger partial charge in [0.25, 0.3) is 0 Å². The summed E-state index contributed by atoms with van der Waals surface area (Å²) in [6, 6.07) is 10.4. The number of methoxy groups -OCH3 is 2. The van der Waals surface area contributed by atoms with E-state index in [2.05, 4.69) is 49.6 Å². The summed E-state index contributed by atoms with van der Waals surface area (Å²) in [6.07, 6.45) is 8.19. The first-order valence-corrected chi connectivity index (χ1v) is 20.9. The lowest BCUT2D eigenvalue weighted by Gasteiger charge is -2.34. The Hall–Kier alpha value is -5.92. The van der Waals surface area contributed by atoms with Crippen LogP contribution in [0.25, 0.3) is 22.0 Å². The molecule has 4 amide bonds. The molecular formula is C44H52N8O8. The van der Waals surface area contributed by atoms with Crippen molar-refractivity contribution in [1.82, 2.24) is 40.4 Å². The molecule has 6 heterocycles.